The predicted octanol–water partition coefficient (Wildman–Crippen LogP) is 2.14. The summed E-state index contributed by atoms with van der Waals surface area (Å²) >= 11 is 5.12. The molecule has 0 bridgehead atoms. The fourth-order valence-electron chi connectivity index (χ4n) is 1.77. The number of hydrogen-bond donors (Lipinski definition) is 1. The zero-order chi connectivity index (χ0) is 14.3. The first-order chi connectivity index (χ1) is 9.06. The minimum absolute atomic E-state index is 0.173. The Labute approximate surface area is 127 Å². The first-order valence-corrected chi connectivity index (χ1v) is 8.08. The molecule has 0 aromatic carbocycles. The Morgan fingerprint density at radius 3 is 2.74 bits per heavy atom. The van der Waals surface area contributed by atoms with Crippen LogP contribution in [0.15, 0.2) is 15.9 Å². The van der Waals surface area contributed by atoms with Crippen LogP contribution in [-0.2, 0) is 11.3 Å². The van der Waals surface area contributed by atoms with Crippen LogP contribution in [-0.4, -0.2) is 48.9 Å². The van der Waals surface area contributed by atoms with Crippen LogP contribution in [0.4, 0.5) is 0 Å². The van der Waals surface area contributed by atoms with E-state index in [0.29, 0.717) is 19.6 Å². The van der Waals surface area contributed by atoms with Crippen molar-refractivity contribution >= 4 is 33.2 Å². The summed E-state index contributed by atoms with van der Waals surface area (Å²) in [7, 11) is 1.96. The number of likely N-dealkylation sites (N-methyl/N-ethyl adjacent to an activating group) is 2. The summed E-state index contributed by atoms with van der Waals surface area (Å²) < 4.78 is 1.10. The minimum Gasteiger partial charge on any atom is -0.337 e. The molecule has 0 radical (unpaired) electrons. The molecule has 0 saturated carbocycles. The summed E-state index contributed by atoms with van der Waals surface area (Å²) in [5.74, 6) is 0.173. The van der Waals surface area contributed by atoms with E-state index in [0.717, 1.165) is 23.3 Å². The van der Waals surface area contributed by atoms with Crippen LogP contribution in [0.5, 0.6) is 0 Å². The van der Waals surface area contributed by atoms with Gasteiger partial charge in [0.2, 0.25) is 5.91 Å². The van der Waals surface area contributed by atoms with Crippen LogP contribution in [0.3, 0.4) is 0 Å². The molecular formula is C13H22BrN3OS. The monoisotopic (exact) mass is 347 g/mol. The number of amides is 1. The van der Waals surface area contributed by atoms with Gasteiger partial charge in [0.25, 0.3) is 0 Å². The van der Waals surface area contributed by atoms with E-state index < -0.39 is 0 Å². The Balaban J connectivity index is 2.47. The fraction of sp³-hybridized carbons (Fsp3) is 0.615. The van der Waals surface area contributed by atoms with E-state index in [4.69, 9.17) is 5.73 Å². The third kappa shape index (κ3) is 6.03. The number of carbonyl (C=O) groups excluding carboxylic acids is 1. The zero-order valence-corrected chi connectivity index (χ0v) is 14.0. The van der Waals surface area contributed by atoms with Gasteiger partial charge in [-0.15, -0.1) is 11.3 Å². The molecule has 0 fully saturated rings. The Morgan fingerprint density at radius 1 is 1.47 bits per heavy atom. The lowest BCUT2D eigenvalue weighted by atomic mass is 10.3. The van der Waals surface area contributed by atoms with Crippen LogP contribution in [0.1, 0.15) is 18.2 Å². The van der Waals surface area contributed by atoms with Crippen molar-refractivity contribution in [2.75, 3.05) is 33.2 Å². The number of nitrogens with two attached hydrogens (primary N) is 1. The van der Waals surface area contributed by atoms with E-state index in [2.05, 4.69) is 22.0 Å². The van der Waals surface area contributed by atoms with Gasteiger partial charge in [-0.1, -0.05) is 0 Å². The average molecular weight is 348 g/mol. The molecule has 1 amide bonds. The molecule has 2 N–H and O–H groups in total. The maximum absolute atomic E-state index is 12.2. The largest absolute Gasteiger partial charge is 0.337 e. The number of thiophene rings is 1. The number of nitrogens with zero attached hydrogens (tertiary/aromatic N) is 2. The molecule has 1 heterocycles. The number of carbonyl (C=O) groups is 1. The molecule has 0 unspecified atom stereocenters. The Hall–Kier alpha value is -0.430. The Bertz CT molecular complexity index is 397. The SMILES string of the molecule is CCN(Cc1ccc(Br)s1)C(=O)CN(C)CCCN. The van der Waals surface area contributed by atoms with Crippen molar-refractivity contribution < 1.29 is 4.79 Å². The summed E-state index contributed by atoms with van der Waals surface area (Å²) in [6.45, 7) is 5.43. The topological polar surface area (TPSA) is 49.6 Å². The second-order valence-corrected chi connectivity index (χ2v) is 7.04. The zero-order valence-electron chi connectivity index (χ0n) is 11.6. The minimum atomic E-state index is 0.173. The second kappa shape index (κ2) is 8.68. The van der Waals surface area contributed by atoms with Gasteiger partial charge in [0.05, 0.1) is 16.9 Å². The Morgan fingerprint density at radius 2 is 2.21 bits per heavy atom. The van der Waals surface area contributed by atoms with Gasteiger partial charge in [-0.3, -0.25) is 9.69 Å². The van der Waals surface area contributed by atoms with Crippen LogP contribution >= 0.6 is 27.3 Å². The molecule has 4 nitrogen and oxygen atoms in total. The van der Waals surface area contributed by atoms with Crippen molar-refractivity contribution in [3.63, 3.8) is 0 Å². The fourth-order valence-corrected chi connectivity index (χ4v) is 3.27. The predicted molar refractivity (Wildman–Crippen MR) is 84.3 cm³/mol. The van der Waals surface area contributed by atoms with Crippen LogP contribution in [0.2, 0.25) is 0 Å². The van der Waals surface area contributed by atoms with Gasteiger partial charge in [0.1, 0.15) is 0 Å². The van der Waals surface area contributed by atoms with E-state index >= 15 is 0 Å². The van der Waals surface area contributed by atoms with Gasteiger partial charge in [0.15, 0.2) is 0 Å². The molecular weight excluding hydrogens is 326 g/mol. The van der Waals surface area contributed by atoms with Crippen molar-refractivity contribution in [3.05, 3.63) is 20.8 Å². The quantitative estimate of drug-likeness (QED) is 0.783. The summed E-state index contributed by atoms with van der Waals surface area (Å²) in [6, 6.07) is 4.08. The average Bonchev–Trinajstić information content (AvgIpc) is 2.78. The number of rotatable bonds is 8. The van der Waals surface area contributed by atoms with Gasteiger partial charge in [0, 0.05) is 11.4 Å². The van der Waals surface area contributed by atoms with Gasteiger partial charge in [-0.25, -0.2) is 0 Å². The second-order valence-electron chi connectivity index (χ2n) is 4.49. The van der Waals surface area contributed by atoms with Crippen molar-refractivity contribution in [3.8, 4) is 0 Å². The molecule has 0 aliphatic carbocycles. The highest BCUT2D eigenvalue weighted by atomic mass is 79.9. The van der Waals surface area contributed by atoms with Gasteiger partial charge in [-0.2, -0.15) is 0 Å². The highest BCUT2D eigenvalue weighted by Gasteiger charge is 2.14. The molecule has 0 spiro atoms. The number of hydrogen-bond acceptors (Lipinski definition) is 4. The standard InChI is InChI=1S/C13H22BrN3OS/c1-3-17(9-11-5-6-12(14)19-11)13(18)10-16(2)8-4-7-15/h5-6H,3-4,7-10,15H2,1-2H3. The first-order valence-electron chi connectivity index (χ1n) is 6.47. The summed E-state index contributed by atoms with van der Waals surface area (Å²) in [4.78, 5) is 17.3. The van der Waals surface area contributed by atoms with Crippen molar-refractivity contribution in [1.82, 2.24) is 9.80 Å². The molecule has 1 rings (SSSR count). The van der Waals surface area contributed by atoms with E-state index in [9.17, 15) is 4.79 Å². The smallest absolute Gasteiger partial charge is 0.237 e. The summed E-state index contributed by atoms with van der Waals surface area (Å²) in [6.07, 6.45) is 0.924. The summed E-state index contributed by atoms with van der Waals surface area (Å²) in [5.41, 5.74) is 5.47. The summed E-state index contributed by atoms with van der Waals surface area (Å²) in [5, 5.41) is 0. The van der Waals surface area contributed by atoms with Crippen molar-refractivity contribution in [2.24, 2.45) is 5.73 Å². The van der Waals surface area contributed by atoms with E-state index in [1.807, 2.05) is 29.8 Å². The molecule has 1 aromatic rings. The lowest BCUT2D eigenvalue weighted by Gasteiger charge is -2.23. The lowest BCUT2D eigenvalue weighted by molar-refractivity contribution is -0.132. The lowest BCUT2D eigenvalue weighted by Crippen LogP contribution is -2.39. The van der Waals surface area contributed by atoms with E-state index in [-0.39, 0.29) is 5.91 Å². The molecule has 0 aliphatic heterocycles. The van der Waals surface area contributed by atoms with Crippen LogP contribution < -0.4 is 5.73 Å². The highest BCUT2D eigenvalue weighted by Crippen LogP contribution is 2.23. The molecule has 0 saturated heterocycles. The first kappa shape index (κ1) is 16.6. The highest BCUT2D eigenvalue weighted by molar-refractivity contribution is 9.11. The van der Waals surface area contributed by atoms with Crippen LogP contribution in [0, 0.1) is 0 Å². The molecule has 1 aromatic heterocycles. The molecule has 0 aliphatic rings. The molecule has 108 valence electrons. The van der Waals surface area contributed by atoms with Gasteiger partial charge in [-0.05, 0) is 61.5 Å². The maximum atomic E-state index is 12.2. The Kier molecular flexibility index (Phi) is 7.60. The third-order valence-corrected chi connectivity index (χ3v) is 4.47. The number of halogens is 1. The van der Waals surface area contributed by atoms with E-state index in [1.165, 1.54) is 4.88 Å². The van der Waals surface area contributed by atoms with Gasteiger partial charge < -0.3 is 10.6 Å². The molecule has 19 heavy (non-hydrogen) atoms. The van der Waals surface area contributed by atoms with Gasteiger partial charge >= 0.3 is 0 Å². The molecule has 0 atom stereocenters. The van der Waals surface area contributed by atoms with Crippen molar-refractivity contribution in [2.45, 2.75) is 19.9 Å². The molecule has 6 heteroatoms. The van der Waals surface area contributed by atoms with E-state index in [1.54, 1.807) is 11.3 Å². The maximum Gasteiger partial charge on any atom is 0.237 e. The van der Waals surface area contributed by atoms with Crippen LogP contribution in [0.25, 0.3) is 0 Å². The normalized spacial score (nSPS) is 11.0. The third-order valence-electron chi connectivity index (χ3n) is 2.86. The van der Waals surface area contributed by atoms with Crippen molar-refractivity contribution in [1.29, 1.82) is 0 Å².